The summed E-state index contributed by atoms with van der Waals surface area (Å²) in [5.74, 6) is 1.59. The second-order valence-electron chi connectivity index (χ2n) is 3.31. The highest BCUT2D eigenvalue weighted by molar-refractivity contribution is 7.99. The molecule has 1 atom stereocenters. The molecule has 84 valence electrons. The molecule has 0 heterocycles. The molecular formula is C11H13Cl3S. The van der Waals surface area contributed by atoms with Crippen molar-refractivity contribution in [1.82, 2.24) is 0 Å². The minimum absolute atomic E-state index is 0.553. The minimum Gasteiger partial charge on any atom is -0.154 e. The monoisotopic (exact) mass is 282 g/mol. The van der Waals surface area contributed by atoms with Gasteiger partial charge < -0.3 is 0 Å². The summed E-state index contributed by atoms with van der Waals surface area (Å²) in [6.07, 6.45) is 1.02. The Balaban J connectivity index is 2.54. The molecule has 1 unspecified atom stereocenters. The average Bonchev–Trinajstić information content (AvgIpc) is 2.21. The van der Waals surface area contributed by atoms with Gasteiger partial charge in [0, 0.05) is 16.9 Å². The van der Waals surface area contributed by atoms with Crippen molar-refractivity contribution in [3.8, 4) is 0 Å². The average molecular weight is 284 g/mol. The van der Waals surface area contributed by atoms with Gasteiger partial charge >= 0.3 is 0 Å². The molecule has 0 aliphatic rings. The van der Waals surface area contributed by atoms with Crippen molar-refractivity contribution in [3.63, 3.8) is 0 Å². The van der Waals surface area contributed by atoms with E-state index in [0.29, 0.717) is 21.2 Å². The van der Waals surface area contributed by atoms with Gasteiger partial charge in [0.25, 0.3) is 0 Å². The fourth-order valence-electron chi connectivity index (χ4n) is 1.13. The van der Waals surface area contributed by atoms with Gasteiger partial charge in [-0.1, -0.05) is 42.3 Å². The topological polar surface area (TPSA) is 0 Å². The molecule has 0 aliphatic carbocycles. The molecular weight excluding hydrogens is 271 g/mol. The Labute approximate surface area is 110 Å². The Kier molecular flexibility index (Phi) is 6.21. The predicted octanol–water partition coefficient (Wildman–Crippen LogP) is 5.24. The first kappa shape index (κ1) is 13.5. The van der Waals surface area contributed by atoms with Crippen molar-refractivity contribution in [1.29, 1.82) is 0 Å². The SMILES string of the molecule is CC(CCCl)SCc1cccc(Cl)c1Cl. The third-order valence-electron chi connectivity index (χ3n) is 2.07. The molecule has 0 saturated heterocycles. The summed E-state index contributed by atoms with van der Waals surface area (Å²) in [5.41, 5.74) is 1.09. The summed E-state index contributed by atoms with van der Waals surface area (Å²) in [5, 5.41) is 1.85. The molecule has 15 heavy (non-hydrogen) atoms. The molecule has 0 spiro atoms. The number of benzene rings is 1. The van der Waals surface area contributed by atoms with Crippen LogP contribution in [0.3, 0.4) is 0 Å². The molecule has 0 saturated carbocycles. The van der Waals surface area contributed by atoms with Crippen molar-refractivity contribution < 1.29 is 0 Å². The maximum Gasteiger partial charge on any atom is 0.0632 e. The predicted molar refractivity (Wildman–Crippen MR) is 72.6 cm³/mol. The maximum absolute atomic E-state index is 6.08. The number of hydrogen-bond donors (Lipinski definition) is 0. The van der Waals surface area contributed by atoms with Gasteiger partial charge in [-0.25, -0.2) is 0 Å². The summed E-state index contributed by atoms with van der Waals surface area (Å²) >= 11 is 19.5. The lowest BCUT2D eigenvalue weighted by atomic mass is 10.2. The van der Waals surface area contributed by atoms with Crippen molar-refractivity contribution >= 4 is 46.6 Å². The van der Waals surface area contributed by atoms with Crippen molar-refractivity contribution in [2.75, 3.05) is 5.88 Å². The fourth-order valence-corrected chi connectivity index (χ4v) is 3.04. The Morgan fingerprint density at radius 1 is 1.33 bits per heavy atom. The number of rotatable bonds is 5. The van der Waals surface area contributed by atoms with E-state index in [2.05, 4.69) is 6.92 Å². The number of hydrogen-bond acceptors (Lipinski definition) is 1. The van der Waals surface area contributed by atoms with Crippen LogP contribution in [-0.2, 0) is 5.75 Å². The molecule has 0 N–H and O–H groups in total. The van der Waals surface area contributed by atoms with Gasteiger partial charge in [0.1, 0.15) is 0 Å². The van der Waals surface area contributed by atoms with Crippen LogP contribution >= 0.6 is 46.6 Å². The quantitative estimate of drug-likeness (QED) is 0.666. The fraction of sp³-hybridized carbons (Fsp3) is 0.455. The maximum atomic E-state index is 6.08. The lowest BCUT2D eigenvalue weighted by Crippen LogP contribution is -1.97. The third kappa shape index (κ3) is 4.44. The van der Waals surface area contributed by atoms with Gasteiger partial charge in [-0.05, 0) is 18.1 Å². The number of alkyl halides is 1. The molecule has 0 nitrogen and oxygen atoms in total. The van der Waals surface area contributed by atoms with Crippen LogP contribution in [0.25, 0.3) is 0 Å². The lowest BCUT2D eigenvalue weighted by molar-refractivity contribution is 0.912. The summed E-state index contributed by atoms with van der Waals surface area (Å²) in [6, 6.07) is 5.74. The Morgan fingerprint density at radius 2 is 2.07 bits per heavy atom. The van der Waals surface area contributed by atoms with Crippen LogP contribution in [0.15, 0.2) is 18.2 Å². The van der Waals surface area contributed by atoms with Crippen LogP contribution < -0.4 is 0 Å². The van der Waals surface area contributed by atoms with Crippen molar-refractivity contribution in [2.45, 2.75) is 24.3 Å². The van der Waals surface area contributed by atoms with E-state index in [0.717, 1.165) is 17.7 Å². The Bertz CT molecular complexity index is 315. The van der Waals surface area contributed by atoms with Gasteiger partial charge in [0.05, 0.1) is 10.0 Å². The van der Waals surface area contributed by atoms with Crippen LogP contribution in [-0.4, -0.2) is 11.1 Å². The largest absolute Gasteiger partial charge is 0.154 e. The zero-order valence-electron chi connectivity index (χ0n) is 8.47. The zero-order valence-corrected chi connectivity index (χ0v) is 11.6. The highest BCUT2D eigenvalue weighted by atomic mass is 35.5. The minimum atomic E-state index is 0.553. The first-order chi connectivity index (χ1) is 7.15. The highest BCUT2D eigenvalue weighted by Gasteiger charge is 2.07. The first-order valence-corrected chi connectivity index (χ1v) is 7.09. The molecule has 0 aromatic heterocycles. The Morgan fingerprint density at radius 3 is 2.73 bits per heavy atom. The molecule has 1 aromatic carbocycles. The van der Waals surface area contributed by atoms with E-state index in [9.17, 15) is 0 Å². The Hall–Kier alpha value is 0.440. The van der Waals surface area contributed by atoms with E-state index in [1.807, 2.05) is 23.9 Å². The summed E-state index contributed by atoms with van der Waals surface area (Å²) in [6.45, 7) is 2.17. The van der Waals surface area contributed by atoms with Crippen molar-refractivity contribution in [2.24, 2.45) is 0 Å². The highest BCUT2D eigenvalue weighted by Crippen LogP contribution is 2.30. The zero-order chi connectivity index (χ0) is 11.3. The molecule has 1 aromatic rings. The second kappa shape index (κ2) is 6.90. The third-order valence-corrected chi connectivity index (χ3v) is 4.43. The molecule has 0 bridgehead atoms. The van der Waals surface area contributed by atoms with Crippen LogP contribution in [0.1, 0.15) is 18.9 Å². The van der Waals surface area contributed by atoms with Crippen LogP contribution in [0.4, 0.5) is 0 Å². The summed E-state index contributed by atoms with van der Waals surface area (Å²) in [4.78, 5) is 0. The summed E-state index contributed by atoms with van der Waals surface area (Å²) < 4.78 is 0. The first-order valence-electron chi connectivity index (χ1n) is 4.75. The number of halogens is 3. The smallest absolute Gasteiger partial charge is 0.0632 e. The van der Waals surface area contributed by atoms with Crippen molar-refractivity contribution in [3.05, 3.63) is 33.8 Å². The van der Waals surface area contributed by atoms with E-state index in [-0.39, 0.29) is 0 Å². The summed E-state index contributed by atoms with van der Waals surface area (Å²) in [7, 11) is 0. The molecule has 0 aliphatic heterocycles. The van der Waals surface area contributed by atoms with Gasteiger partial charge in [-0.3, -0.25) is 0 Å². The molecule has 0 amide bonds. The molecule has 0 radical (unpaired) electrons. The molecule has 0 fully saturated rings. The van der Waals surface area contributed by atoms with E-state index >= 15 is 0 Å². The van der Waals surface area contributed by atoms with Gasteiger partial charge in [-0.15, -0.1) is 11.6 Å². The number of thioether (sulfide) groups is 1. The van der Waals surface area contributed by atoms with E-state index in [4.69, 9.17) is 34.8 Å². The van der Waals surface area contributed by atoms with Crippen LogP contribution in [0.5, 0.6) is 0 Å². The van der Waals surface area contributed by atoms with Crippen LogP contribution in [0, 0.1) is 0 Å². The van der Waals surface area contributed by atoms with Gasteiger partial charge in [0.2, 0.25) is 0 Å². The standard InChI is InChI=1S/C11H13Cl3S/c1-8(5-6-12)15-7-9-3-2-4-10(13)11(9)14/h2-4,8H,5-7H2,1H3. The van der Waals surface area contributed by atoms with Crippen LogP contribution in [0.2, 0.25) is 10.0 Å². The second-order valence-corrected chi connectivity index (χ2v) is 5.90. The molecule has 1 rings (SSSR count). The lowest BCUT2D eigenvalue weighted by Gasteiger charge is -2.10. The van der Waals surface area contributed by atoms with E-state index in [1.54, 1.807) is 6.07 Å². The van der Waals surface area contributed by atoms with Gasteiger partial charge in [0.15, 0.2) is 0 Å². The normalized spacial score (nSPS) is 12.8. The van der Waals surface area contributed by atoms with Gasteiger partial charge in [-0.2, -0.15) is 11.8 Å². The van der Waals surface area contributed by atoms with E-state index < -0.39 is 0 Å². The molecule has 4 heteroatoms. The van der Waals surface area contributed by atoms with E-state index in [1.165, 1.54) is 0 Å².